The fourth-order valence-corrected chi connectivity index (χ4v) is 1.43. The van der Waals surface area contributed by atoms with Gasteiger partial charge in [-0.1, -0.05) is 13.8 Å². The van der Waals surface area contributed by atoms with Crippen LogP contribution in [0.3, 0.4) is 0 Å². The zero-order valence-electron chi connectivity index (χ0n) is 9.00. The summed E-state index contributed by atoms with van der Waals surface area (Å²) < 4.78 is 2.97. The molecule has 80 valence electrons. The van der Waals surface area contributed by atoms with E-state index >= 15 is 0 Å². The second-order valence-electron chi connectivity index (χ2n) is 3.91. The van der Waals surface area contributed by atoms with Crippen LogP contribution in [0.25, 0.3) is 0 Å². The number of halogens is 1. The van der Waals surface area contributed by atoms with Crippen LogP contribution in [0.15, 0.2) is 16.9 Å². The third kappa shape index (κ3) is 3.80. The Kier molecular flexibility index (Phi) is 4.62. The molecule has 1 rings (SSSR count). The smallest absolute Gasteiger partial charge is 0.0632 e. The Morgan fingerprint density at radius 3 is 2.71 bits per heavy atom. The van der Waals surface area contributed by atoms with Gasteiger partial charge in [-0.15, -0.1) is 0 Å². The number of nitrogens with one attached hydrogen (secondary N) is 1. The van der Waals surface area contributed by atoms with Crippen molar-refractivity contribution in [3.05, 3.63) is 16.9 Å². The molecule has 0 aliphatic carbocycles. The van der Waals surface area contributed by atoms with Gasteiger partial charge in [-0.05, 0) is 28.8 Å². The van der Waals surface area contributed by atoms with Gasteiger partial charge in [-0.25, -0.2) is 0 Å². The lowest BCUT2D eigenvalue weighted by atomic mass is 10.1. The molecule has 0 radical (unpaired) electrons. The highest BCUT2D eigenvalue weighted by molar-refractivity contribution is 9.10. The molecule has 1 heterocycles. The molecule has 0 amide bonds. The molecular formula is C10H18BrN3. The molecule has 0 saturated carbocycles. The van der Waals surface area contributed by atoms with Crippen molar-refractivity contribution in [2.24, 2.45) is 5.92 Å². The Balaban J connectivity index is 2.22. The van der Waals surface area contributed by atoms with E-state index in [-0.39, 0.29) is 0 Å². The Morgan fingerprint density at radius 2 is 2.21 bits per heavy atom. The Morgan fingerprint density at radius 1 is 1.50 bits per heavy atom. The minimum absolute atomic E-state index is 0.564. The fourth-order valence-electron chi connectivity index (χ4n) is 1.10. The van der Waals surface area contributed by atoms with E-state index in [1.807, 2.05) is 17.1 Å². The second-order valence-corrected chi connectivity index (χ2v) is 4.82. The summed E-state index contributed by atoms with van der Waals surface area (Å²) in [6.07, 6.45) is 3.80. The molecule has 0 saturated heterocycles. The van der Waals surface area contributed by atoms with Crippen molar-refractivity contribution >= 4 is 15.9 Å². The van der Waals surface area contributed by atoms with Gasteiger partial charge in [-0.3, -0.25) is 4.68 Å². The first-order valence-electron chi connectivity index (χ1n) is 5.01. The van der Waals surface area contributed by atoms with Gasteiger partial charge in [0.25, 0.3) is 0 Å². The Labute approximate surface area is 94.0 Å². The second kappa shape index (κ2) is 5.51. The van der Waals surface area contributed by atoms with Crippen molar-refractivity contribution in [3.63, 3.8) is 0 Å². The summed E-state index contributed by atoms with van der Waals surface area (Å²) in [5, 5.41) is 7.65. The molecule has 1 atom stereocenters. The lowest BCUT2D eigenvalue weighted by Crippen LogP contribution is -2.33. The largest absolute Gasteiger partial charge is 0.312 e. The highest BCUT2D eigenvalue weighted by Gasteiger charge is 2.05. The molecule has 3 nitrogen and oxygen atoms in total. The van der Waals surface area contributed by atoms with E-state index in [0.717, 1.165) is 17.6 Å². The number of rotatable bonds is 5. The summed E-state index contributed by atoms with van der Waals surface area (Å²) in [6.45, 7) is 8.55. The summed E-state index contributed by atoms with van der Waals surface area (Å²) >= 11 is 3.37. The van der Waals surface area contributed by atoms with E-state index < -0.39 is 0 Å². The topological polar surface area (TPSA) is 29.9 Å². The lowest BCUT2D eigenvalue weighted by molar-refractivity contribution is 0.410. The van der Waals surface area contributed by atoms with Crippen LogP contribution >= 0.6 is 15.9 Å². The van der Waals surface area contributed by atoms with Crippen LogP contribution in [0.4, 0.5) is 0 Å². The van der Waals surface area contributed by atoms with Crippen LogP contribution < -0.4 is 5.32 Å². The zero-order valence-corrected chi connectivity index (χ0v) is 10.6. The maximum absolute atomic E-state index is 4.19. The molecule has 0 bridgehead atoms. The van der Waals surface area contributed by atoms with Gasteiger partial charge in [0.05, 0.1) is 17.2 Å². The van der Waals surface area contributed by atoms with Gasteiger partial charge in [0.2, 0.25) is 0 Å². The van der Waals surface area contributed by atoms with Gasteiger partial charge < -0.3 is 5.32 Å². The fraction of sp³-hybridized carbons (Fsp3) is 0.700. The minimum Gasteiger partial charge on any atom is -0.312 e. The van der Waals surface area contributed by atoms with Crippen LogP contribution in [-0.2, 0) is 6.54 Å². The third-order valence-electron chi connectivity index (χ3n) is 2.41. The first-order valence-corrected chi connectivity index (χ1v) is 5.80. The molecule has 1 unspecified atom stereocenters. The lowest BCUT2D eigenvalue weighted by Gasteiger charge is -2.17. The number of nitrogens with zero attached hydrogens (tertiary/aromatic N) is 2. The zero-order chi connectivity index (χ0) is 10.6. The minimum atomic E-state index is 0.564. The number of hydrogen-bond donors (Lipinski definition) is 1. The molecule has 0 fully saturated rings. The van der Waals surface area contributed by atoms with Crippen LogP contribution in [0, 0.1) is 5.92 Å². The summed E-state index contributed by atoms with van der Waals surface area (Å²) in [5.41, 5.74) is 0. The van der Waals surface area contributed by atoms with Crippen molar-refractivity contribution in [2.45, 2.75) is 33.4 Å². The molecule has 1 aromatic rings. The van der Waals surface area contributed by atoms with E-state index in [9.17, 15) is 0 Å². The van der Waals surface area contributed by atoms with Crippen LogP contribution in [0.2, 0.25) is 0 Å². The SMILES string of the molecule is CC(C)C(C)NCCn1cc(Br)cn1. The monoisotopic (exact) mass is 259 g/mol. The molecule has 0 aliphatic rings. The molecule has 1 aromatic heterocycles. The van der Waals surface area contributed by atoms with E-state index in [0.29, 0.717) is 12.0 Å². The quantitative estimate of drug-likeness (QED) is 0.880. The first-order chi connectivity index (χ1) is 6.59. The molecule has 14 heavy (non-hydrogen) atoms. The van der Waals surface area contributed by atoms with E-state index in [1.165, 1.54) is 0 Å². The highest BCUT2D eigenvalue weighted by Crippen LogP contribution is 2.05. The van der Waals surface area contributed by atoms with Crippen molar-refractivity contribution in [1.82, 2.24) is 15.1 Å². The van der Waals surface area contributed by atoms with E-state index in [4.69, 9.17) is 0 Å². The maximum Gasteiger partial charge on any atom is 0.0632 e. The normalized spacial score (nSPS) is 13.5. The number of aromatic nitrogens is 2. The first kappa shape index (κ1) is 11.7. The maximum atomic E-state index is 4.19. The number of hydrogen-bond acceptors (Lipinski definition) is 2. The van der Waals surface area contributed by atoms with E-state index in [1.54, 1.807) is 0 Å². The van der Waals surface area contributed by atoms with Crippen molar-refractivity contribution < 1.29 is 0 Å². The Bertz CT molecular complexity index is 270. The third-order valence-corrected chi connectivity index (χ3v) is 2.82. The van der Waals surface area contributed by atoms with Crippen LogP contribution in [0.1, 0.15) is 20.8 Å². The van der Waals surface area contributed by atoms with Gasteiger partial charge in [0.15, 0.2) is 0 Å². The standard InChI is InChI=1S/C10H18BrN3/c1-8(2)9(3)12-4-5-14-7-10(11)6-13-14/h6-9,12H,4-5H2,1-3H3. The summed E-state index contributed by atoms with van der Waals surface area (Å²) in [7, 11) is 0. The molecule has 1 N–H and O–H groups in total. The van der Waals surface area contributed by atoms with E-state index in [2.05, 4.69) is 47.1 Å². The molecule has 0 aliphatic heterocycles. The van der Waals surface area contributed by atoms with Crippen molar-refractivity contribution in [3.8, 4) is 0 Å². The average molecular weight is 260 g/mol. The summed E-state index contributed by atoms with van der Waals surface area (Å²) in [5.74, 6) is 0.680. The molecule has 4 heteroatoms. The van der Waals surface area contributed by atoms with Crippen LogP contribution in [-0.4, -0.2) is 22.4 Å². The highest BCUT2D eigenvalue weighted by atomic mass is 79.9. The predicted molar refractivity (Wildman–Crippen MR) is 62.2 cm³/mol. The van der Waals surface area contributed by atoms with Gasteiger partial charge >= 0.3 is 0 Å². The van der Waals surface area contributed by atoms with Gasteiger partial charge in [-0.2, -0.15) is 5.10 Å². The molecular weight excluding hydrogens is 242 g/mol. The summed E-state index contributed by atoms with van der Waals surface area (Å²) in [6, 6.07) is 0.564. The van der Waals surface area contributed by atoms with Gasteiger partial charge in [0.1, 0.15) is 0 Å². The van der Waals surface area contributed by atoms with Crippen molar-refractivity contribution in [1.29, 1.82) is 0 Å². The van der Waals surface area contributed by atoms with Crippen molar-refractivity contribution in [2.75, 3.05) is 6.54 Å². The summed E-state index contributed by atoms with van der Waals surface area (Å²) in [4.78, 5) is 0. The molecule has 0 spiro atoms. The predicted octanol–water partition coefficient (Wildman–Crippen LogP) is 2.28. The Hall–Kier alpha value is -0.350. The van der Waals surface area contributed by atoms with Gasteiger partial charge in [0, 0.05) is 18.8 Å². The average Bonchev–Trinajstić information content (AvgIpc) is 2.51. The molecule has 0 aromatic carbocycles. The van der Waals surface area contributed by atoms with Crippen LogP contribution in [0.5, 0.6) is 0 Å².